The summed E-state index contributed by atoms with van der Waals surface area (Å²) < 4.78 is 0. The normalized spacial score (nSPS) is 9.85. The van der Waals surface area contributed by atoms with E-state index in [0.29, 0.717) is 18.1 Å². The molecule has 0 saturated carbocycles. The fraction of sp³-hybridized carbons (Fsp3) is 0.133. The maximum atomic E-state index is 12.1. The number of hydrogen-bond donors (Lipinski definition) is 2. The Hall–Kier alpha value is -2.69. The summed E-state index contributed by atoms with van der Waals surface area (Å²) in [5.74, 6) is 0.328. The minimum Gasteiger partial charge on any atom is -0.366 e. The second-order valence-electron chi connectivity index (χ2n) is 4.28. The van der Waals surface area contributed by atoms with Crippen molar-refractivity contribution in [3.05, 3.63) is 60.6 Å². The molecule has 5 heteroatoms. The van der Waals surface area contributed by atoms with E-state index in [2.05, 4.69) is 27.2 Å². The summed E-state index contributed by atoms with van der Waals surface area (Å²) in [6.07, 6.45) is 3.07. The van der Waals surface area contributed by atoms with Crippen LogP contribution >= 0.6 is 0 Å². The highest BCUT2D eigenvalue weighted by Crippen LogP contribution is 2.11. The fourth-order valence-electron chi connectivity index (χ4n) is 1.67. The van der Waals surface area contributed by atoms with E-state index in [1.807, 2.05) is 31.2 Å². The van der Waals surface area contributed by atoms with Gasteiger partial charge in [-0.05, 0) is 24.6 Å². The SMILES string of the molecule is C=CCNc1cc(C(=O)Nc2cccc(C)c2)ncn1. The molecule has 0 saturated heterocycles. The van der Waals surface area contributed by atoms with Crippen molar-refractivity contribution < 1.29 is 4.79 Å². The second kappa shape index (κ2) is 6.47. The number of amides is 1. The Morgan fingerprint density at radius 1 is 1.35 bits per heavy atom. The number of aryl methyl sites for hydroxylation is 1. The molecule has 5 nitrogen and oxygen atoms in total. The van der Waals surface area contributed by atoms with E-state index in [1.165, 1.54) is 6.33 Å². The van der Waals surface area contributed by atoms with Crippen LogP contribution in [0.1, 0.15) is 16.1 Å². The third-order valence-electron chi connectivity index (χ3n) is 2.60. The number of nitrogens with zero attached hydrogens (tertiary/aromatic N) is 2. The van der Waals surface area contributed by atoms with E-state index in [4.69, 9.17) is 0 Å². The van der Waals surface area contributed by atoms with Gasteiger partial charge in [-0.15, -0.1) is 6.58 Å². The molecule has 2 N–H and O–H groups in total. The third kappa shape index (κ3) is 3.65. The molecule has 102 valence electrons. The predicted octanol–water partition coefficient (Wildman–Crippen LogP) is 2.64. The summed E-state index contributed by atoms with van der Waals surface area (Å²) in [6, 6.07) is 9.20. The highest BCUT2D eigenvalue weighted by atomic mass is 16.1. The Bertz CT molecular complexity index is 625. The standard InChI is InChI=1S/C15H16N4O/c1-3-7-16-14-9-13(17-10-18-14)15(20)19-12-6-4-5-11(2)8-12/h3-6,8-10H,1,7H2,2H3,(H,19,20)(H,16,17,18). The number of carbonyl (C=O) groups excluding carboxylic acids is 1. The molecule has 20 heavy (non-hydrogen) atoms. The Balaban J connectivity index is 2.10. The molecule has 0 radical (unpaired) electrons. The second-order valence-corrected chi connectivity index (χ2v) is 4.28. The van der Waals surface area contributed by atoms with Crippen LogP contribution in [0.15, 0.2) is 49.3 Å². The van der Waals surface area contributed by atoms with Crippen molar-refractivity contribution in [3.8, 4) is 0 Å². The average molecular weight is 268 g/mol. The topological polar surface area (TPSA) is 66.9 Å². The molecular formula is C15H16N4O. The van der Waals surface area contributed by atoms with Gasteiger partial charge in [0.1, 0.15) is 17.8 Å². The lowest BCUT2D eigenvalue weighted by Crippen LogP contribution is -2.14. The van der Waals surface area contributed by atoms with Gasteiger partial charge >= 0.3 is 0 Å². The minimum absolute atomic E-state index is 0.264. The zero-order chi connectivity index (χ0) is 14.4. The zero-order valence-electron chi connectivity index (χ0n) is 11.3. The summed E-state index contributed by atoms with van der Waals surface area (Å²) in [4.78, 5) is 20.1. The molecule has 0 bridgehead atoms. The van der Waals surface area contributed by atoms with E-state index >= 15 is 0 Å². The number of benzene rings is 1. The first-order valence-electron chi connectivity index (χ1n) is 6.24. The van der Waals surface area contributed by atoms with Gasteiger partial charge < -0.3 is 10.6 Å². The third-order valence-corrected chi connectivity index (χ3v) is 2.60. The number of anilines is 2. The van der Waals surface area contributed by atoms with Crippen LogP contribution in [-0.4, -0.2) is 22.4 Å². The van der Waals surface area contributed by atoms with Crippen LogP contribution in [0.3, 0.4) is 0 Å². The number of rotatable bonds is 5. The van der Waals surface area contributed by atoms with E-state index in [0.717, 1.165) is 11.3 Å². The van der Waals surface area contributed by atoms with Crippen LogP contribution < -0.4 is 10.6 Å². The molecule has 0 atom stereocenters. The molecule has 0 fully saturated rings. The minimum atomic E-state index is -0.264. The number of hydrogen-bond acceptors (Lipinski definition) is 4. The monoisotopic (exact) mass is 268 g/mol. The van der Waals surface area contributed by atoms with Crippen molar-refractivity contribution in [3.63, 3.8) is 0 Å². The van der Waals surface area contributed by atoms with Crippen molar-refractivity contribution >= 4 is 17.4 Å². The molecule has 1 amide bonds. The quantitative estimate of drug-likeness (QED) is 0.818. The lowest BCUT2D eigenvalue weighted by Gasteiger charge is -2.07. The van der Waals surface area contributed by atoms with Gasteiger partial charge in [-0.25, -0.2) is 9.97 Å². The predicted molar refractivity (Wildman–Crippen MR) is 79.9 cm³/mol. The van der Waals surface area contributed by atoms with Crippen LogP contribution in [0, 0.1) is 6.92 Å². The van der Waals surface area contributed by atoms with Gasteiger partial charge in [0, 0.05) is 18.3 Å². The van der Waals surface area contributed by atoms with Crippen molar-refractivity contribution in [1.82, 2.24) is 9.97 Å². The Kier molecular flexibility index (Phi) is 4.44. The highest BCUT2D eigenvalue weighted by molar-refractivity contribution is 6.03. The van der Waals surface area contributed by atoms with Gasteiger partial charge in [-0.2, -0.15) is 0 Å². The first-order chi connectivity index (χ1) is 9.69. The summed E-state index contributed by atoms with van der Waals surface area (Å²) in [6.45, 7) is 6.16. The van der Waals surface area contributed by atoms with Crippen LogP contribution in [0.2, 0.25) is 0 Å². The highest BCUT2D eigenvalue weighted by Gasteiger charge is 2.09. The average Bonchev–Trinajstić information content (AvgIpc) is 2.45. The fourth-order valence-corrected chi connectivity index (χ4v) is 1.67. The smallest absolute Gasteiger partial charge is 0.274 e. The van der Waals surface area contributed by atoms with Crippen molar-refractivity contribution in [1.29, 1.82) is 0 Å². The number of carbonyl (C=O) groups is 1. The van der Waals surface area contributed by atoms with Gasteiger partial charge in [0.15, 0.2) is 0 Å². The Morgan fingerprint density at radius 2 is 2.20 bits per heavy atom. The molecule has 1 aromatic heterocycles. The van der Waals surface area contributed by atoms with Crippen molar-refractivity contribution in [2.45, 2.75) is 6.92 Å². The molecular weight excluding hydrogens is 252 g/mol. The van der Waals surface area contributed by atoms with E-state index < -0.39 is 0 Å². The van der Waals surface area contributed by atoms with E-state index in [1.54, 1.807) is 12.1 Å². The van der Waals surface area contributed by atoms with Gasteiger partial charge in [0.2, 0.25) is 0 Å². The van der Waals surface area contributed by atoms with Crippen molar-refractivity contribution in [2.75, 3.05) is 17.2 Å². The molecule has 2 rings (SSSR count). The van der Waals surface area contributed by atoms with Crippen LogP contribution in [0.5, 0.6) is 0 Å². The molecule has 0 aliphatic carbocycles. The lowest BCUT2D eigenvalue weighted by atomic mass is 10.2. The Morgan fingerprint density at radius 3 is 2.95 bits per heavy atom. The zero-order valence-corrected chi connectivity index (χ0v) is 11.3. The molecule has 0 aliphatic heterocycles. The first kappa shape index (κ1) is 13.7. The van der Waals surface area contributed by atoms with Crippen LogP contribution in [0.4, 0.5) is 11.5 Å². The lowest BCUT2D eigenvalue weighted by molar-refractivity contribution is 0.102. The number of nitrogens with one attached hydrogen (secondary N) is 2. The molecule has 2 aromatic rings. The van der Waals surface area contributed by atoms with E-state index in [9.17, 15) is 4.79 Å². The summed E-state index contributed by atoms with van der Waals surface area (Å²) >= 11 is 0. The van der Waals surface area contributed by atoms with E-state index in [-0.39, 0.29) is 5.91 Å². The summed E-state index contributed by atoms with van der Waals surface area (Å²) in [7, 11) is 0. The molecule has 0 unspecified atom stereocenters. The molecule has 1 aromatic carbocycles. The largest absolute Gasteiger partial charge is 0.366 e. The van der Waals surface area contributed by atoms with Gasteiger partial charge in [0.05, 0.1) is 0 Å². The summed E-state index contributed by atoms with van der Waals surface area (Å²) in [5, 5.41) is 5.82. The first-order valence-corrected chi connectivity index (χ1v) is 6.24. The Labute approximate surface area is 117 Å². The van der Waals surface area contributed by atoms with Crippen molar-refractivity contribution in [2.24, 2.45) is 0 Å². The maximum absolute atomic E-state index is 12.1. The van der Waals surface area contributed by atoms with Gasteiger partial charge in [-0.1, -0.05) is 18.2 Å². The van der Waals surface area contributed by atoms with Crippen LogP contribution in [0.25, 0.3) is 0 Å². The number of aromatic nitrogens is 2. The molecule has 1 heterocycles. The maximum Gasteiger partial charge on any atom is 0.274 e. The van der Waals surface area contributed by atoms with Gasteiger partial charge in [0.25, 0.3) is 5.91 Å². The van der Waals surface area contributed by atoms with Gasteiger partial charge in [-0.3, -0.25) is 4.79 Å². The molecule has 0 spiro atoms. The summed E-state index contributed by atoms with van der Waals surface area (Å²) in [5.41, 5.74) is 2.14. The van der Waals surface area contributed by atoms with Crippen LogP contribution in [-0.2, 0) is 0 Å². The molecule has 0 aliphatic rings.